The molecule has 3 rings (SSSR count). The summed E-state index contributed by atoms with van der Waals surface area (Å²) in [7, 11) is 1.29. The Labute approximate surface area is 159 Å². The van der Waals surface area contributed by atoms with Gasteiger partial charge in [0.15, 0.2) is 6.61 Å². The van der Waals surface area contributed by atoms with Crippen molar-refractivity contribution in [3.8, 4) is 0 Å². The molecule has 0 saturated heterocycles. The van der Waals surface area contributed by atoms with Gasteiger partial charge in [0, 0.05) is 10.4 Å². The van der Waals surface area contributed by atoms with Gasteiger partial charge in [-0.3, -0.25) is 4.79 Å². The van der Waals surface area contributed by atoms with E-state index in [1.54, 1.807) is 25.1 Å². The lowest BCUT2D eigenvalue weighted by Crippen LogP contribution is -2.21. The molecule has 2 aromatic carbocycles. The molecule has 0 radical (unpaired) electrons. The van der Waals surface area contributed by atoms with Crippen LogP contribution < -0.4 is 5.32 Å². The molecule has 0 saturated carbocycles. The quantitative estimate of drug-likeness (QED) is 0.678. The summed E-state index contributed by atoms with van der Waals surface area (Å²) in [5.74, 6) is -1.54. The predicted molar refractivity (Wildman–Crippen MR) is 103 cm³/mol. The minimum absolute atomic E-state index is 0.320. The number of rotatable bonds is 5. The highest BCUT2D eigenvalue weighted by Gasteiger charge is 2.15. The highest BCUT2D eigenvalue weighted by molar-refractivity contribution is 7.20. The number of hydrogen-bond donors (Lipinski definition) is 1. The zero-order valence-electron chi connectivity index (χ0n) is 14.8. The second kappa shape index (κ2) is 8.01. The number of fused-ring (bicyclic) bond motifs is 1. The first-order valence-electron chi connectivity index (χ1n) is 8.12. The normalized spacial score (nSPS) is 10.4. The number of hydrogen-bond acceptors (Lipinski definition) is 6. The molecule has 0 fully saturated rings. The molecule has 1 amide bonds. The molecule has 1 aromatic heterocycles. The molecular formula is C20H17NO5S. The van der Waals surface area contributed by atoms with Gasteiger partial charge in [0.2, 0.25) is 0 Å². The number of esters is 2. The molecular weight excluding hydrogens is 366 g/mol. The van der Waals surface area contributed by atoms with Gasteiger partial charge in [0.05, 0.1) is 12.7 Å². The van der Waals surface area contributed by atoms with Crippen LogP contribution in [-0.2, 0) is 14.3 Å². The van der Waals surface area contributed by atoms with Gasteiger partial charge < -0.3 is 14.8 Å². The Balaban J connectivity index is 1.62. The van der Waals surface area contributed by atoms with Gasteiger partial charge in [-0.2, -0.15) is 0 Å². The van der Waals surface area contributed by atoms with Gasteiger partial charge in [-0.1, -0.05) is 24.3 Å². The van der Waals surface area contributed by atoms with Crippen LogP contribution in [0.3, 0.4) is 0 Å². The number of carbonyl (C=O) groups is 3. The lowest BCUT2D eigenvalue weighted by atomic mass is 10.1. The molecule has 7 heteroatoms. The third-order valence-corrected chi connectivity index (χ3v) is 4.99. The topological polar surface area (TPSA) is 81.7 Å². The largest absolute Gasteiger partial charge is 0.465 e. The van der Waals surface area contributed by atoms with E-state index in [1.807, 2.05) is 24.3 Å². The van der Waals surface area contributed by atoms with E-state index in [1.165, 1.54) is 24.5 Å². The zero-order chi connectivity index (χ0) is 19.4. The molecule has 3 aromatic rings. The van der Waals surface area contributed by atoms with Crippen molar-refractivity contribution >= 4 is 45.0 Å². The number of nitrogens with one attached hydrogen (secondary N) is 1. The monoisotopic (exact) mass is 383 g/mol. The van der Waals surface area contributed by atoms with Crippen molar-refractivity contribution < 1.29 is 23.9 Å². The molecule has 0 aliphatic heterocycles. The van der Waals surface area contributed by atoms with Crippen LogP contribution >= 0.6 is 11.3 Å². The van der Waals surface area contributed by atoms with Crippen molar-refractivity contribution in [2.75, 3.05) is 19.0 Å². The Kier molecular flexibility index (Phi) is 5.52. The second-order valence-electron chi connectivity index (χ2n) is 5.79. The lowest BCUT2D eigenvalue weighted by Gasteiger charge is -2.10. The van der Waals surface area contributed by atoms with Gasteiger partial charge in [0.1, 0.15) is 4.88 Å². The first-order chi connectivity index (χ1) is 13.0. The van der Waals surface area contributed by atoms with E-state index in [0.717, 1.165) is 15.6 Å². The van der Waals surface area contributed by atoms with Crippen molar-refractivity contribution in [3.05, 3.63) is 64.5 Å². The van der Waals surface area contributed by atoms with Crippen LogP contribution in [-0.4, -0.2) is 31.6 Å². The molecule has 1 heterocycles. The maximum absolute atomic E-state index is 12.2. The van der Waals surface area contributed by atoms with Crippen LogP contribution in [0.15, 0.2) is 48.5 Å². The molecule has 6 nitrogen and oxygen atoms in total. The standard InChI is InChI=1S/C20H17NO5S/c1-12-7-8-14(19(23)25-2)9-15(12)21-18(22)11-26-20(24)17-10-13-5-3-4-6-16(13)27-17/h3-10H,11H2,1-2H3,(H,21,22). The molecule has 0 bridgehead atoms. The van der Waals surface area contributed by atoms with E-state index in [-0.39, 0.29) is 0 Å². The summed E-state index contributed by atoms with van der Waals surface area (Å²) in [5, 5.41) is 3.60. The highest BCUT2D eigenvalue weighted by Crippen LogP contribution is 2.25. The summed E-state index contributed by atoms with van der Waals surface area (Å²) in [6.07, 6.45) is 0. The van der Waals surface area contributed by atoms with E-state index in [0.29, 0.717) is 16.1 Å². The molecule has 0 spiro atoms. The van der Waals surface area contributed by atoms with Crippen molar-refractivity contribution in [2.24, 2.45) is 0 Å². The molecule has 0 unspecified atom stereocenters. The first kappa shape index (κ1) is 18.6. The van der Waals surface area contributed by atoms with Gasteiger partial charge in [-0.15, -0.1) is 11.3 Å². The van der Waals surface area contributed by atoms with E-state index in [2.05, 4.69) is 10.1 Å². The fourth-order valence-corrected chi connectivity index (χ4v) is 3.43. The van der Waals surface area contributed by atoms with Gasteiger partial charge in [-0.25, -0.2) is 9.59 Å². The van der Waals surface area contributed by atoms with Crippen LogP contribution in [0.25, 0.3) is 10.1 Å². The fraction of sp³-hybridized carbons (Fsp3) is 0.150. The van der Waals surface area contributed by atoms with E-state index in [9.17, 15) is 14.4 Å². The van der Waals surface area contributed by atoms with E-state index in [4.69, 9.17) is 4.74 Å². The minimum atomic E-state index is -0.550. The number of anilines is 1. The Hall–Kier alpha value is -3.19. The lowest BCUT2D eigenvalue weighted by molar-refractivity contribution is -0.119. The van der Waals surface area contributed by atoms with Crippen LogP contribution in [0.5, 0.6) is 0 Å². The van der Waals surface area contributed by atoms with Gasteiger partial charge in [-0.05, 0) is 42.1 Å². The van der Waals surface area contributed by atoms with Crippen molar-refractivity contribution in [3.63, 3.8) is 0 Å². The average molecular weight is 383 g/mol. The number of amides is 1. The van der Waals surface area contributed by atoms with Crippen molar-refractivity contribution in [1.29, 1.82) is 0 Å². The molecule has 27 heavy (non-hydrogen) atoms. The van der Waals surface area contributed by atoms with Crippen molar-refractivity contribution in [2.45, 2.75) is 6.92 Å². The summed E-state index contributed by atoms with van der Waals surface area (Å²) >= 11 is 1.31. The Bertz CT molecular complexity index is 991. The van der Waals surface area contributed by atoms with Crippen LogP contribution in [0, 0.1) is 6.92 Å². The molecule has 138 valence electrons. The van der Waals surface area contributed by atoms with Crippen LogP contribution in [0.1, 0.15) is 25.6 Å². The van der Waals surface area contributed by atoms with Crippen LogP contribution in [0.2, 0.25) is 0 Å². The fourth-order valence-electron chi connectivity index (χ4n) is 2.47. The van der Waals surface area contributed by atoms with Crippen molar-refractivity contribution in [1.82, 2.24) is 0 Å². The number of carbonyl (C=O) groups excluding carboxylic acids is 3. The van der Waals surface area contributed by atoms with E-state index < -0.39 is 24.5 Å². The second-order valence-corrected chi connectivity index (χ2v) is 6.88. The Morgan fingerprint density at radius 1 is 1.04 bits per heavy atom. The number of benzene rings is 2. The summed E-state index contributed by atoms with van der Waals surface area (Å²) < 4.78 is 10.7. The SMILES string of the molecule is COC(=O)c1ccc(C)c(NC(=O)COC(=O)c2cc3ccccc3s2)c1. The third kappa shape index (κ3) is 4.32. The first-order valence-corrected chi connectivity index (χ1v) is 8.94. The number of thiophene rings is 1. The molecule has 1 N–H and O–H groups in total. The molecule has 0 aliphatic rings. The number of aryl methyl sites for hydroxylation is 1. The maximum Gasteiger partial charge on any atom is 0.348 e. The Morgan fingerprint density at radius 2 is 1.81 bits per heavy atom. The zero-order valence-corrected chi connectivity index (χ0v) is 15.6. The predicted octanol–water partition coefficient (Wildman–Crippen LogP) is 3.79. The molecule has 0 atom stereocenters. The van der Waals surface area contributed by atoms with Crippen LogP contribution in [0.4, 0.5) is 5.69 Å². The summed E-state index contributed by atoms with van der Waals surface area (Å²) in [4.78, 5) is 36.3. The number of ether oxygens (including phenoxy) is 2. The summed E-state index contributed by atoms with van der Waals surface area (Å²) in [6, 6.07) is 14.2. The maximum atomic E-state index is 12.2. The summed E-state index contributed by atoms with van der Waals surface area (Å²) in [6.45, 7) is 1.37. The smallest absolute Gasteiger partial charge is 0.348 e. The number of methoxy groups -OCH3 is 1. The average Bonchev–Trinajstić information content (AvgIpc) is 3.11. The third-order valence-electron chi connectivity index (χ3n) is 3.89. The highest BCUT2D eigenvalue weighted by atomic mass is 32.1. The minimum Gasteiger partial charge on any atom is -0.465 e. The molecule has 0 aliphatic carbocycles. The van der Waals surface area contributed by atoms with Gasteiger partial charge >= 0.3 is 11.9 Å². The van der Waals surface area contributed by atoms with E-state index >= 15 is 0 Å². The van der Waals surface area contributed by atoms with Gasteiger partial charge in [0.25, 0.3) is 5.91 Å². The Morgan fingerprint density at radius 3 is 2.56 bits per heavy atom. The summed E-state index contributed by atoms with van der Waals surface area (Å²) in [5.41, 5.74) is 1.55.